The first-order valence-electron chi connectivity index (χ1n) is 7.94. The van der Waals surface area contributed by atoms with Gasteiger partial charge in [0.1, 0.15) is 17.6 Å². The van der Waals surface area contributed by atoms with Crippen LogP contribution in [0.5, 0.6) is 11.5 Å². The summed E-state index contributed by atoms with van der Waals surface area (Å²) in [6.07, 6.45) is 2.26. The molecule has 23 heavy (non-hydrogen) atoms. The van der Waals surface area contributed by atoms with Crippen LogP contribution in [0.15, 0.2) is 29.6 Å². The molecule has 1 aromatic heterocycles. The Kier molecular flexibility index (Phi) is 4.86. The van der Waals surface area contributed by atoms with Crippen LogP contribution in [0.4, 0.5) is 5.69 Å². The molecule has 0 saturated heterocycles. The number of thiophene rings is 1. The smallest absolute Gasteiger partial charge is 0.224 e. The molecule has 0 fully saturated rings. The Morgan fingerprint density at radius 1 is 1.48 bits per heavy atom. The molecule has 1 unspecified atom stereocenters. The molecule has 0 saturated carbocycles. The van der Waals surface area contributed by atoms with Crippen molar-refractivity contribution in [2.75, 3.05) is 11.9 Å². The Balaban J connectivity index is 1.70. The lowest BCUT2D eigenvalue weighted by atomic mass is 10.1. The van der Waals surface area contributed by atoms with Crippen molar-refractivity contribution in [1.82, 2.24) is 0 Å². The van der Waals surface area contributed by atoms with Crippen molar-refractivity contribution in [2.24, 2.45) is 0 Å². The maximum absolute atomic E-state index is 12.2. The van der Waals surface area contributed by atoms with Crippen LogP contribution in [0.25, 0.3) is 0 Å². The van der Waals surface area contributed by atoms with Gasteiger partial charge in [0.15, 0.2) is 0 Å². The number of hydrogen-bond acceptors (Lipinski definition) is 4. The van der Waals surface area contributed by atoms with Gasteiger partial charge in [-0.25, -0.2) is 0 Å². The van der Waals surface area contributed by atoms with E-state index in [2.05, 4.69) is 5.32 Å². The fourth-order valence-corrected chi connectivity index (χ4v) is 3.43. The summed E-state index contributed by atoms with van der Waals surface area (Å²) < 4.78 is 11.5. The van der Waals surface area contributed by atoms with Gasteiger partial charge in [-0.3, -0.25) is 4.79 Å². The average Bonchev–Trinajstić information content (AvgIpc) is 3.14. The van der Waals surface area contributed by atoms with Crippen molar-refractivity contribution in [1.29, 1.82) is 0 Å². The van der Waals surface area contributed by atoms with E-state index in [0.29, 0.717) is 24.5 Å². The number of rotatable bonds is 6. The molecule has 0 radical (unpaired) electrons. The first kappa shape index (κ1) is 15.9. The first-order valence-corrected chi connectivity index (χ1v) is 8.82. The monoisotopic (exact) mass is 331 g/mol. The largest absolute Gasteiger partial charge is 0.492 e. The van der Waals surface area contributed by atoms with Crippen LogP contribution < -0.4 is 14.8 Å². The highest BCUT2D eigenvalue weighted by molar-refractivity contribution is 7.09. The summed E-state index contributed by atoms with van der Waals surface area (Å²) >= 11 is 1.67. The highest BCUT2D eigenvalue weighted by atomic mass is 32.1. The lowest BCUT2D eigenvalue weighted by Gasteiger charge is -2.13. The number of fused-ring (bicyclic) bond motifs is 1. The minimum Gasteiger partial charge on any atom is -0.492 e. The van der Waals surface area contributed by atoms with E-state index in [1.165, 1.54) is 4.88 Å². The second-order valence-corrected chi connectivity index (χ2v) is 6.68. The summed E-state index contributed by atoms with van der Waals surface area (Å²) in [6.45, 7) is 4.54. The molecule has 2 heterocycles. The Labute approximate surface area is 140 Å². The number of carbonyl (C=O) groups is 1. The number of aryl methyl sites for hydroxylation is 1. The second kappa shape index (κ2) is 7.04. The maximum Gasteiger partial charge on any atom is 0.224 e. The quantitative estimate of drug-likeness (QED) is 0.869. The molecule has 3 rings (SSSR count). The van der Waals surface area contributed by atoms with E-state index in [1.54, 1.807) is 11.3 Å². The van der Waals surface area contributed by atoms with E-state index < -0.39 is 0 Å². The van der Waals surface area contributed by atoms with Crippen molar-refractivity contribution < 1.29 is 14.3 Å². The fourth-order valence-electron chi connectivity index (χ4n) is 2.72. The highest BCUT2D eigenvalue weighted by Crippen LogP contribution is 2.38. The third-order valence-electron chi connectivity index (χ3n) is 3.75. The summed E-state index contributed by atoms with van der Waals surface area (Å²) in [5.74, 6) is 1.55. The van der Waals surface area contributed by atoms with Crippen molar-refractivity contribution in [2.45, 2.75) is 39.2 Å². The van der Waals surface area contributed by atoms with Crippen LogP contribution in [0.2, 0.25) is 0 Å². The molecule has 1 atom stereocenters. The predicted octanol–water partition coefficient (Wildman–Crippen LogP) is 4.04. The summed E-state index contributed by atoms with van der Waals surface area (Å²) in [4.78, 5) is 13.4. The molecule has 1 amide bonds. The molecule has 2 aromatic rings. The van der Waals surface area contributed by atoms with Gasteiger partial charge in [0.25, 0.3) is 0 Å². The summed E-state index contributed by atoms with van der Waals surface area (Å²) in [7, 11) is 0. The number of hydrogen-bond donors (Lipinski definition) is 1. The van der Waals surface area contributed by atoms with Gasteiger partial charge in [-0.1, -0.05) is 6.07 Å². The highest BCUT2D eigenvalue weighted by Gasteiger charge is 2.22. The fraction of sp³-hybridized carbons (Fsp3) is 0.389. The van der Waals surface area contributed by atoms with E-state index in [1.807, 2.05) is 43.5 Å². The minimum absolute atomic E-state index is 0.00894. The van der Waals surface area contributed by atoms with Gasteiger partial charge in [-0.15, -0.1) is 11.3 Å². The number of benzene rings is 1. The third-order valence-corrected chi connectivity index (χ3v) is 4.69. The van der Waals surface area contributed by atoms with Gasteiger partial charge in [0.05, 0.1) is 12.3 Å². The number of amides is 1. The van der Waals surface area contributed by atoms with Crippen LogP contribution >= 0.6 is 11.3 Å². The molecule has 0 spiro atoms. The molecule has 1 N–H and O–H groups in total. The van der Waals surface area contributed by atoms with E-state index in [9.17, 15) is 4.79 Å². The zero-order valence-electron chi connectivity index (χ0n) is 13.4. The van der Waals surface area contributed by atoms with Crippen LogP contribution in [-0.2, 0) is 17.6 Å². The SMILES string of the molecule is CCOc1cc2c(cc1NC(=O)CCc1cccs1)OC(C)C2. The van der Waals surface area contributed by atoms with Gasteiger partial charge in [0.2, 0.25) is 5.91 Å². The van der Waals surface area contributed by atoms with Crippen LogP contribution in [0.3, 0.4) is 0 Å². The second-order valence-electron chi connectivity index (χ2n) is 5.65. The van der Waals surface area contributed by atoms with Gasteiger partial charge in [-0.2, -0.15) is 0 Å². The summed E-state index contributed by atoms with van der Waals surface area (Å²) in [5, 5.41) is 4.99. The Morgan fingerprint density at radius 3 is 3.09 bits per heavy atom. The van der Waals surface area contributed by atoms with Gasteiger partial charge >= 0.3 is 0 Å². The Morgan fingerprint density at radius 2 is 2.35 bits per heavy atom. The summed E-state index contributed by atoms with van der Waals surface area (Å²) in [6, 6.07) is 7.92. The average molecular weight is 331 g/mol. The molecule has 1 aliphatic rings. The van der Waals surface area contributed by atoms with Crippen molar-refractivity contribution >= 4 is 22.9 Å². The Hall–Kier alpha value is -2.01. The zero-order chi connectivity index (χ0) is 16.2. The van der Waals surface area contributed by atoms with Gasteiger partial charge < -0.3 is 14.8 Å². The van der Waals surface area contributed by atoms with Crippen molar-refractivity contribution in [3.05, 3.63) is 40.1 Å². The number of ether oxygens (including phenoxy) is 2. The standard InChI is InChI=1S/C18H21NO3S/c1-3-21-17-10-13-9-12(2)22-16(13)11-15(17)19-18(20)7-6-14-5-4-8-23-14/h4-5,8,10-12H,3,6-7,9H2,1-2H3,(H,19,20). The van der Waals surface area contributed by atoms with Gasteiger partial charge in [0, 0.05) is 29.3 Å². The van der Waals surface area contributed by atoms with E-state index in [0.717, 1.165) is 24.2 Å². The van der Waals surface area contributed by atoms with Gasteiger partial charge in [-0.05, 0) is 37.8 Å². The molecule has 5 heteroatoms. The molecule has 4 nitrogen and oxygen atoms in total. The molecule has 1 aliphatic heterocycles. The van der Waals surface area contributed by atoms with Crippen molar-refractivity contribution in [3.8, 4) is 11.5 Å². The van der Waals surface area contributed by atoms with E-state index in [-0.39, 0.29) is 12.0 Å². The van der Waals surface area contributed by atoms with Crippen LogP contribution in [0, 0.1) is 0 Å². The van der Waals surface area contributed by atoms with Crippen molar-refractivity contribution in [3.63, 3.8) is 0 Å². The lowest BCUT2D eigenvalue weighted by Crippen LogP contribution is -2.13. The Bertz CT molecular complexity index is 682. The number of carbonyl (C=O) groups excluding carboxylic acids is 1. The molecule has 122 valence electrons. The number of anilines is 1. The normalized spacial score (nSPS) is 15.8. The third kappa shape index (κ3) is 3.85. The summed E-state index contributed by atoms with van der Waals surface area (Å²) in [5.41, 5.74) is 1.83. The van der Waals surface area contributed by atoms with E-state index >= 15 is 0 Å². The maximum atomic E-state index is 12.2. The lowest BCUT2D eigenvalue weighted by molar-refractivity contribution is -0.116. The molecule has 1 aromatic carbocycles. The molecule has 0 bridgehead atoms. The molecular formula is C18H21NO3S. The predicted molar refractivity (Wildman–Crippen MR) is 92.7 cm³/mol. The number of nitrogens with one attached hydrogen (secondary N) is 1. The zero-order valence-corrected chi connectivity index (χ0v) is 14.2. The first-order chi connectivity index (χ1) is 11.2. The minimum atomic E-state index is -0.00894. The van der Waals surface area contributed by atoms with Crippen LogP contribution in [-0.4, -0.2) is 18.6 Å². The van der Waals surface area contributed by atoms with Crippen LogP contribution in [0.1, 0.15) is 30.7 Å². The molecular weight excluding hydrogens is 310 g/mol. The van der Waals surface area contributed by atoms with E-state index in [4.69, 9.17) is 9.47 Å². The topological polar surface area (TPSA) is 47.6 Å². The molecule has 0 aliphatic carbocycles.